The summed E-state index contributed by atoms with van der Waals surface area (Å²) in [7, 11) is 2.65. The molecule has 14 heavy (non-hydrogen) atoms. The second-order valence-corrected chi connectivity index (χ2v) is 2.23. The molecule has 0 aromatic rings. The van der Waals surface area contributed by atoms with Crippen molar-refractivity contribution in [3.05, 3.63) is 0 Å². The Labute approximate surface area is 81.3 Å². The molecule has 0 aliphatic rings. The van der Waals surface area contributed by atoms with Crippen LogP contribution in [0.15, 0.2) is 0 Å². The van der Waals surface area contributed by atoms with Crippen LogP contribution in [0.2, 0.25) is 0 Å². The number of hydroxylamine groups is 2. The lowest BCUT2D eigenvalue weighted by atomic mass is 10.4. The fourth-order valence-electron chi connectivity index (χ4n) is 0.579. The second kappa shape index (κ2) is 5.79. The first-order valence-electron chi connectivity index (χ1n) is 4.01. The van der Waals surface area contributed by atoms with Crippen LogP contribution in [0.4, 0.5) is 9.59 Å². The molecule has 0 rings (SSSR count). The second-order valence-electron chi connectivity index (χ2n) is 2.23. The van der Waals surface area contributed by atoms with Crippen LogP contribution in [0.3, 0.4) is 0 Å². The molecule has 0 bridgehead atoms. The molecule has 7 heteroatoms. The average molecular weight is 203 g/mol. The van der Waals surface area contributed by atoms with Crippen LogP contribution in [0.5, 0.6) is 0 Å². The summed E-state index contributed by atoms with van der Waals surface area (Å²) < 4.78 is 0. The van der Waals surface area contributed by atoms with E-state index >= 15 is 0 Å². The van der Waals surface area contributed by atoms with E-state index in [1.807, 2.05) is 0 Å². The first-order valence-corrected chi connectivity index (χ1v) is 4.01. The Hall–Kier alpha value is -1.79. The van der Waals surface area contributed by atoms with Crippen molar-refractivity contribution < 1.29 is 19.2 Å². The number of hydrogen-bond acceptors (Lipinski definition) is 4. The Morgan fingerprint density at radius 3 is 2.14 bits per heavy atom. The first kappa shape index (κ1) is 12.2. The van der Waals surface area contributed by atoms with Gasteiger partial charge in [0, 0.05) is 20.5 Å². The summed E-state index contributed by atoms with van der Waals surface area (Å²) in [6.45, 7) is 1.55. The number of nitrogens with one attached hydrogen (secondary N) is 2. The Balaban J connectivity index is 4.48. The highest BCUT2D eigenvalue weighted by atomic mass is 16.7. The highest BCUT2D eigenvalue weighted by molar-refractivity contribution is 5.94. The van der Waals surface area contributed by atoms with Crippen molar-refractivity contribution in [3.63, 3.8) is 0 Å². The normalized spacial score (nSPS) is 8.79. The first-order chi connectivity index (χ1) is 6.56. The molecule has 0 saturated carbocycles. The third-order valence-corrected chi connectivity index (χ3v) is 1.31. The van der Waals surface area contributed by atoms with Crippen molar-refractivity contribution in [1.29, 1.82) is 0 Å². The molecule has 0 saturated heterocycles. The number of carbonyl (C=O) groups excluding carboxylic acids is 3. The van der Waals surface area contributed by atoms with Crippen molar-refractivity contribution in [2.45, 2.75) is 13.3 Å². The summed E-state index contributed by atoms with van der Waals surface area (Å²) in [5.41, 5.74) is 0. The number of nitrogens with zero attached hydrogens (tertiary/aromatic N) is 1. The zero-order valence-electron chi connectivity index (χ0n) is 8.29. The topological polar surface area (TPSA) is 87.7 Å². The van der Waals surface area contributed by atoms with Crippen molar-refractivity contribution in [3.8, 4) is 0 Å². The number of amides is 4. The predicted molar refractivity (Wildman–Crippen MR) is 47.1 cm³/mol. The van der Waals surface area contributed by atoms with Gasteiger partial charge in [-0.25, -0.2) is 9.59 Å². The summed E-state index contributed by atoms with van der Waals surface area (Å²) in [6.07, 6.45) is -0.819. The van der Waals surface area contributed by atoms with Crippen molar-refractivity contribution in [2.75, 3.05) is 14.1 Å². The molecule has 2 N–H and O–H groups in total. The van der Waals surface area contributed by atoms with Gasteiger partial charge in [-0.3, -0.25) is 4.79 Å². The van der Waals surface area contributed by atoms with Crippen LogP contribution < -0.4 is 10.6 Å². The van der Waals surface area contributed by atoms with Gasteiger partial charge < -0.3 is 15.5 Å². The van der Waals surface area contributed by atoms with E-state index in [2.05, 4.69) is 15.5 Å². The summed E-state index contributed by atoms with van der Waals surface area (Å²) in [5, 5.41) is 4.66. The van der Waals surface area contributed by atoms with E-state index in [1.54, 1.807) is 6.92 Å². The lowest BCUT2D eigenvalue weighted by Gasteiger charge is -2.17. The molecule has 4 amide bonds. The number of rotatable bonds is 1. The average Bonchev–Trinajstić information content (AvgIpc) is 2.23. The lowest BCUT2D eigenvalue weighted by molar-refractivity contribution is -0.152. The van der Waals surface area contributed by atoms with E-state index in [-0.39, 0.29) is 6.42 Å². The van der Waals surface area contributed by atoms with Crippen molar-refractivity contribution in [2.24, 2.45) is 0 Å². The van der Waals surface area contributed by atoms with Gasteiger partial charge in [-0.2, -0.15) is 0 Å². The molecule has 0 atom stereocenters. The number of hydrogen-bond donors (Lipinski definition) is 2. The molecule has 0 unspecified atom stereocenters. The maximum atomic E-state index is 11.1. The monoisotopic (exact) mass is 203 g/mol. The van der Waals surface area contributed by atoms with Gasteiger partial charge in [-0.05, 0) is 0 Å². The maximum absolute atomic E-state index is 11.1. The molecular weight excluding hydrogens is 190 g/mol. The van der Waals surface area contributed by atoms with E-state index < -0.39 is 18.0 Å². The molecule has 0 radical (unpaired) electrons. The van der Waals surface area contributed by atoms with E-state index in [4.69, 9.17) is 0 Å². The summed E-state index contributed by atoms with van der Waals surface area (Å²) in [4.78, 5) is 37.4. The Morgan fingerprint density at radius 2 is 1.79 bits per heavy atom. The summed E-state index contributed by atoms with van der Waals surface area (Å²) >= 11 is 0. The van der Waals surface area contributed by atoms with E-state index in [0.717, 1.165) is 0 Å². The summed E-state index contributed by atoms with van der Waals surface area (Å²) in [6, 6.07) is -0.791. The molecule has 0 heterocycles. The molecule has 0 aromatic heterocycles. The van der Waals surface area contributed by atoms with Gasteiger partial charge in [0.2, 0.25) is 0 Å². The third-order valence-electron chi connectivity index (χ3n) is 1.31. The van der Waals surface area contributed by atoms with Crippen LogP contribution >= 0.6 is 0 Å². The van der Waals surface area contributed by atoms with E-state index in [0.29, 0.717) is 5.06 Å². The fourth-order valence-corrected chi connectivity index (χ4v) is 0.579. The minimum absolute atomic E-state index is 0.0599. The smallest absolute Gasteiger partial charge is 0.338 e. The van der Waals surface area contributed by atoms with Gasteiger partial charge in [-0.1, -0.05) is 12.0 Å². The van der Waals surface area contributed by atoms with Gasteiger partial charge in [-0.15, -0.1) is 0 Å². The summed E-state index contributed by atoms with van der Waals surface area (Å²) in [5.74, 6) is -0.604. The minimum atomic E-state index is -0.879. The standard InChI is InChI=1S/C7H13N3O4/c1-4-5(11)10(6(12)8-2)14-7(13)9-3/h4H2,1-3H3,(H,8,12)(H,9,13). The van der Waals surface area contributed by atoms with Gasteiger partial charge in [0.25, 0.3) is 5.91 Å². The number of imide groups is 1. The highest BCUT2D eigenvalue weighted by Crippen LogP contribution is 1.96. The number of urea groups is 1. The molecular formula is C7H13N3O4. The Morgan fingerprint density at radius 1 is 1.21 bits per heavy atom. The van der Waals surface area contributed by atoms with Crippen molar-refractivity contribution in [1.82, 2.24) is 15.7 Å². The van der Waals surface area contributed by atoms with Crippen LogP contribution in [0.1, 0.15) is 13.3 Å². The molecule has 7 nitrogen and oxygen atoms in total. The lowest BCUT2D eigenvalue weighted by Crippen LogP contribution is -2.44. The SMILES string of the molecule is CCC(=O)N(OC(=O)NC)C(=O)NC. The molecule has 0 aliphatic heterocycles. The van der Waals surface area contributed by atoms with Gasteiger partial charge in [0.15, 0.2) is 0 Å². The fraction of sp³-hybridized carbons (Fsp3) is 0.571. The molecule has 80 valence electrons. The van der Waals surface area contributed by atoms with Crippen LogP contribution in [0, 0.1) is 0 Å². The third kappa shape index (κ3) is 3.30. The van der Waals surface area contributed by atoms with Crippen LogP contribution in [-0.2, 0) is 9.63 Å². The molecule has 0 aliphatic carbocycles. The molecule has 0 fully saturated rings. The van der Waals surface area contributed by atoms with E-state index in [9.17, 15) is 14.4 Å². The maximum Gasteiger partial charge on any atom is 0.431 e. The van der Waals surface area contributed by atoms with Gasteiger partial charge in [0.05, 0.1) is 0 Å². The number of carbonyl (C=O) groups is 3. The predicted octanol–water partition coefficient (Wildman–Crippen LogP) is -0.165. The molecule has 0 aromatic carbocycles. The van der Waals surface area contributed by atoms with Crippen LogP contribution in [-0.4, -0.2) is 37.2 Å². The molecule has 0 spiro atoms. The van der Waals surface area contributed by atoms with Gasteiger partial charge >= 0.3 is 12.1 Å². The minimum Gasteiger partial charge on any atom is -0.338 e. The zero-order valence-corrected chi connectivity index (χ0v) is 8.29. The van der Waals surface area contributed by atoms with E-state index in [1.165, 1.54) is 14.1 Å². The quantitative estimate of drug-likeness (QED) is 0.579. The van der Waals surface area contributed by atoms with Gasteiger partial charge in [0.1, 0.15) is 0 Å². The Kier molecular flexibility index (Phi) is 5.05. The Bertz CT molecular complexity index is 225. The van der Waals surface area contributed by atoms with Crippen molar-refractivity contribution >= 4 is 18.0 Å². The zero-order chi connectivity index (χ0) is 11.1. The van der Waals surface area contributed by atoms with Crippen LogP contribution in [0.25, 0.3) is 0 Å². The largest absolute Gasteiger partial charge is 0.431 e. The highest BCUT2D eigenvalue weighted by Gasteiger charge is 2.23.